The Labute approximate surface area is 145 Å². The van der Waals surface area contributed by atoms with E-state index in [4.69, 9.17) is 17.3 Å². The molecule has 0 radical (unpaired) electrons. The van der Waals surface area contributed by atoms with Crippen LogP contribution < -0.4 is 11.1 Å². The molecule has 1 aromatic carbocycles. The third-order valence-corrected chi connectivity index (χ3v) is 4.26. The highest BCUT2D eigenvalue weighted by molar-refractivity contribution is 7.09. The smallest absolute Gasteiger partial charge is 0.271 e. The molecule has 1 aromatic heterocycles. The Hall–Kier alpha value is -1.14. The van der Waals surface area contributed by atoms with E-state index >= 15 is 0 Å². The predicted molar refractivity (Wildman–Crippen MR) is 93.8 cm³/mol. The molecule has 4 nitrogen and oxygen atoms in total. The molecule has 1 atom stereocenters. The number of carbonyl (C=O) groups is 1. The van der Waals surface area contributed by atoms with Gasteiger partial charge in [-0.15, -0.1) is 23.7 Å². The van der Waals surface area contributed by atoms with Crippen LogP contribution in [0.25, 0.3) is 0 Å². The Bertz CT molecular complexity index is 614. The summed E-state index contributed by atoms with van der Waals surface area (Å²) in [5, 5.41) is 6.20. The maximum Gasteiger partial charge on any atom is 0.271 e. The van der Waals surface area contributed by atoms with Gasteiger partial charge in [-0.25, -0.2) is 4.98 Å². The fourth-order valence-corrected chi connectivity index (χ4v) is 2.81. The highest BCUT2D eigenvalue weighted by Crippen LogP contribution is 2.24. The number of benzene rings is 1. The van der Waals surface area contributed by atoms with E-state index in [2.05, 4.69) is 24.1 Å². The van der Waals surface area contributed by atoms with E-state index in [0.29, 0.717) is 17.3 Å². The van der Waals surface area contributed by atoms with Gasteiger partial charge >= 0.3 is 0 Å². The largest absolute Gasteiger partial charge is 0.344 e. The zero-order chi connectivity index (χ0) is 15.4. The minimum atomic E-state index is -0.181. The molecule has 120 valence electrons. The number of amides is 1. The van der Waals surface area contributed by atoms with E-state index in [1.54, 1.807) is 5.38 Å². The van der Waals surface area contributed by atoms with Crippen molar-refractivity contribution >= 4 is 41.3 Å². The fourth-order valence-electron chi connectivity index (χ4n) is 2.03. The van der Waals surface area contributed by atoms with E-state index in [9.17, 15) is 4.79 Å². The van der Waals surface area contributed by atoms with Crippen LogP contribution in [0, 0.1) is 5.92 Å². The first kappa shape index (κ1) is 18.9. The number of aromatic nitrogens is 1. The molecule has 2 rings (SSSR count). The summed E-state index contributed by atoms with van der Waals surface area (Å²) in [7, 11) is 0. The molecule has 22 heavy (non-hydrogen) atoms. The molecule has 1 amide bonds. The lowest BCUT2D eigenvalue weighted by Gasteiger charge is -2.22. The summed E-state index contributed by atoms with van der Waals surface area (Å²) >= 11 is 7.31. The van der Waals surface area contributed by atoms with Crippen LogP contribution in [0.3, 0.4) is 0 Å². The minimum Gasteiger partial charge on any atom is -0.344 e. The fraction of sp³-hybridized carbons (Fsp3) is 0.333. The standard InChI is InChI=1S/C15H18ClN3OS.ClH/c1-9(2)14(10-3-5-11(16)6-4-10)19-15(20)12-8-21-13(7-17)18-12;/h3-6,8-9,14H,7,17H2,1-2H3,(H,19,20);1H. The monoisotopic (exact) mass is 359 g/mol. The van der Waals surface area contributed by atoms with Crippen LogP contribution in [-0.2, 0) is 6.54 Å². The van der Waals surface area contributed by atoms with Gasteiger partial charge in [-0.1, -0.05) is 37.6 Å². The Balaban J connectivity index is 0.00000242. The van der Waals surface area contributed by atoms with Crippen molar-refractivity contribution in [2.45, 2.75) is 26.4 Å². The van der Waals surface area contributed by atoms with Crippen molar-refractivity contribution in [2.75, 3.05) is 0 Å². The van der Waals surface area contributed by atoms with Crippen LogP contribution in [0.4, 0.5) is 0 Å². The van der Waals surface area contributed by atoms with Crippen LogP contribution in [0.1, 0.15) is 40.9 Å². The molecule has 1 heterocycles. The molecule has 0 bridgehead atoms. The molecule has 0 fully saturated rings. The lowest BCUT2D eigenvalue weighted by atomic mass is 9.96. The molecule has 0 spiro atoms. The number of nitrogens with zero attached hydrogens (tertiary/aromatic N) is 1. The number of hydrogen-bond donors (Lipinski definition) is 2. The third kappa shape index (κ3) is 4.68. The number of nitrogens with two attached hydrogens (primary N) is 1. The van der Waals surface area contributed by atoms with Crippen molar-refractivity contribution in [3.8, 4) is 0 Å². The second kappa shape index (κ2) is 8.48. The van der Waals surface area contributed by atoms with Crippen LogP contribution in [0.5, 0.6) is 0 Å². The number of halogens is 2. The average molecular weight is 360 g/mol. The predicted octanol–water partition coefficient (Wildman–Crippen LogP) is 3.80. The summed E-state index contributed by atoms with van der Waals surface area (Å²) in [6, 6.07) is 7.43. The molecule has 0 aliphatic carbocycles. The van der Waals surface area contributed by atoms with E-state index in [-0.39, 0.29) is 30.3 Å². The Morgan fingerprint density at radius 3 is 2.50 bits per heavy atom. The third-order valence-electron chi connectivity index (χ3n) is 3.14. The molecular weight excluding hydrogens is 341 g/mol. The maximum atomic E-state index is 12.3. The number of hydrogen-bond acceptors (Lipinski definition) is 4. The molecule has 2 aromatic rings. The number of nitrogens with one attached hydrogen (secondary N) is 1. The first-order valence-electron chi connectivity index (χ1n) is 6.72. The topological polar surface area (TPSA) is 68.0 Å². The van der Waals surface area contributed by atoms with Gasteiger partial charge in [0, 0.05) is 16.9 Å². The van der Waals surface area contributed by atoms with Gasteiger partial charge in [0.1, 0.15) is 10.7 Å². The molecule has 0 saturated carbocycles. The van der Waals surface area contributed by atoms with Gasteiger partial charge in [0.15, 0.2) is 0 Å². The molecular formula is C15H19Cl2N3OS. The summed E-state index contributed by atoms with van der Waals surface area (Å²) in [6.45, 7) is 4.47. The van der Waals surface area contributed by atoms with E-state index in [1.165, 1.54) is 11.3 Å². The molecule has 0 saturated heterocycles. The van der Waals surface area contributed by atoms with Crippen molar-refractivity contribution in [3.05, 3.63) is 50.9 Å². The SMILES string of the molecule is CC(C)C(NC(=O)c1csc(CN)n1)c1ccc(Cl)cc1.Cl. The Morgan fingerprint density at radius 1 is 1.36 bits per heavy atom. The number of rotatable bonds is 5. The summed E-state index contributed by atoms with van der Waals surface area (Å²) < 4.78 is 0. The van der Waals surface area contributed by atoms with Crippen molar-refractivity contribution in [3.63, 3.8) is 0 Å². The van der Waals surface area contributed by atoms with E-state index < -0.39 is 0 Å². The maximum absolute atomic E-state index is 12.3. The lowest BCUT2D eigenvalue weighted by Crippen LogP contribution is -2.32. The second-order valence-electron chi connectivity index (χ2n) is 5.08. The second-order valence-corrected chi connectivity index (χ2v) is 6.46. The number of carbonyl (C=O) groups excluding carboxylic acids is 1. The van der Waals surface area contributed by atoms with Crippen molar-refractivity contribution < 1.29 is 4.79 Å². The zero-order valence-electron chi connectivity index (χ0n) is 12.4. The van der Waals surface area contributed by atoms with Gasteiger partial charge in [0.05, 0.1) is 6.04 Å². The zero-order valence-corrected chi connectivity index (χ0v) is 14.8. The van der Waals surface area contributed by atoms with Gasteiger partial charge < -0.3 is 11.1 Å². The molecule has 7 heteroatoms. The Kier molecular flexibility index (Phi) is 7.29. The highest BCUT2D eigenvalue weighted by atomic mass is 35.5. The first-order chi connectivity index (χ1) is 10.0. The Morgan fingerprint density at radius 2 is 2.00 bits per heavy atom. The molecule has 1 unspecified atom stereocenters. The summed E-state index contributed by atoms with van der Waals surface area (Å²) in [5.41, 5.74) is 6.96. The van der Waals surface area contributed by atoms with Gasteiger partial charge in [0.2, 0.25) is 0 Å². The van der Waals surface area contributed by atoms with E-state index in [0.717, 1.165) is 10.6 Å². The summed E-state index contributed by atoms with van der Waals surface area (Å²) in [5.74, 6) is 0.0716. The quantitative estimate of drug-likeness (QED) is 0.852. The number of thiazole rings is 1. The minimum absolute atomic E-state index is 0. The molecule has 3 N–H and O–H groups in total. The van der Waals surface area contributed by atoms with Crippen LogP contribution in [-0.4, -0.2) is 10.9 Å². The summed E-state index contributed by atoms with van der Waals surface area (Å²) in [6.07, 6.45) is 0. The molecule has 0 aliphatic rings. The average Bonchev–Trinajstić information content (AvgIpc) is 2.94. The normalized spacial score (nSPS) is 11.9. The summed E-state index contributed by atoms with van der Waals surface area (Å²) in [4.78, 5) is 16.5. The first-order valence-corrected chi connectivity index (χ1v) is 7.97. The van der Waals surface area contributed by atoms with Gasteiger partial charge in [0.25, 0.3) is 5.91 Å². The van der Waals surface area contributed by atoms with Gasteiger partial charge in [-0.05, 0) is 23.6 Å². The lowest BCUT2D eigenvalue weighted by molar-refractivity contribution is 0.0921. The van der Waals surface area contributed by atoms with Crippen LogP contribution in [0.15, 0.2) is 29.6 Å². The van der Waals surface area contributed by atoms with Gasteiger partial charge in [-0.2, -0.15) is 0 Å². The van der Waals surface area contributed by atoms with E-state index in [1.807, 2.05) is 24.3 Å². The highest BCUT2D eigenvalue weighted by Gasteiger charge is 2.20. The van der Waals surface area contributed by atoms with Crippen molar-refractivity contribution in [1.29, 1.82) is 0 Å². The van der Waals surface area contributed by atoms with Crippen molar-refractivity contribution in [2.24, 2.45) is 11.7 Å². The van der Waals surface area contributed by atoms with Crippen LogP contribution >= 0.6 is 35.3 Å². The van der Waals surface area contributed by atoms with Gasteiger partial charge in [-0.3, -0.25) is 4.79 Å². The molecule has 0 aliphatic heterocycles. The van der Waals surface area contributed by atoms with Crippen LogP contribution in [0.2, 0.25) is 5.02 Å². The van der Waals surface area contributed by atoms with Crippen molar-refractivity contribution in [1.82, 2.24) is 10.3 Å².